The second-order valence-electron chi connectivity index (χ2n) is 2.73. The van der Waals surface area contributed by atoms with E-state index in [1.54, 1.807) is 0 Å². The van der Waals surface area contributed by atoms with Crippen LogP contribution in [-0.4, -0.2) is 0 Å². The Bertz CT molecular complexity index is 308. The SMILES string of the molecule is F.F.F.c1ccc(-c2ccccc2)cc1. The fourth-order valence-corrected chi connectivity index (χ4v) is 1.26. The van der Waals surface area contributed by atoms with Crippen LogP contribution in [0.3, 0.4) is 0 Å². The van der Waals surface area contributed by atoms with Crippen LogP contribution in [0, 0.1) is 0 Å². The highest BCUT2D eigenvalue weighted by Crippen LogP contribution is 2.17. The van der Waals surface area contributed by atoms with Crippen LogP contribution in [0.5, 0.6) is 0 Å². The Morgan fingerprint density at radius 3 is 0.933 bits per heavy atom. The third-order valence-electron chi connectivity index (χ3n) is 1.88. The van der Waals surface area contributed by atoms with E-state index in [2.05, 4.69) is 48.5 Å². The minimum atomic E-state index is 0. The fraction of sp³-hybridized carbons (Fsp3) is 0. The van der Waals surface area contributed by atoms with Crippen LogP contribution in [0.1, 0.15) is 0 Å². The van der Waals surface area contributed by atoms with Crippen molar-refractivity contribution in [2.45, 2.75) is 0 Å². The Morgan fingerprint density at radius 2 is 0.667 bits per heavy atom. The zero-order valence-corrected chi connectivity index (χ0v) is 8.00. The molecule has 2 aromatic carbocycles. The summed E-state index contributed by atoms with van der Waals surface area (Å²) in [6.45, 7) is 0. The first-order valence-corrected chi connectivity index (χ1v) is 4.07. The quantitative estimate of drug-likeness (QED) is 0.677. The van der Waals surface area contributed by atoms with Crippen molar-refractivity contribution < 1.29 is 14.1 Å². The molecule has 0 radical (unpaired) electrons. The summed E-state index contributed by atoms with van der Waals surface area (Å²) in [7, 11) is 0. The zero-order valence-electron chi connectivity index (χ0n) is 8.00. The molecule has 0 bridgehead atoms. The third-order valence-corrected chi connectivity index (χ3v) is 1.88. The standard InChI is InChI=1S/C12H10.3FH/c1-3-7-11(8-4-1)12-9-5-2-6-10-12;;;/h1-10H;3*1H. The molecule has 0 unspecified atom stereocenters. The Balaban J connectivity index is 0. The average Bonchev–Trinajstić information content (AvgIpc) is 2.21. The lowest BCUT2D eigenvalue weighted by molar-refractivity contribution is 1.11. The first kappa shape index (κ1) is 15.7. The zero-order chi connectivity index (χ0) is 8.23. The topological polar surface area (TPSA) is 0 Å². The molecule has 0 saturated carbocycles. The Kier molecular flexibility index (Phi) is 7.97. The van der Waals surface area contributed by atoms with E-state index in [1.165, 1.54) is 11.1 Å². The van der Waals surface area contributed by atoms with Gasteiger partial charge in [-0.25, -0.2) is 0 Å². The second kappa shape index (κ2) is 7.62. The molecule has 82 valence electrons. The van der Waals surface area contributed by atoms with Crippen LogP contribution in [0.15, 0.2) is 60.7 Å². The summed E-state index contributed by atoms with van der Waals surface area (Å²) in [5, 5.41) is 0. The average molecular weight is 214 g/mol. The molecule has 0 atom stereocenters. The lowest BCUT2D eigenvalue weighted by Crippen LogP contribution is -1.73. The molecule has 3 heteroatoms. The van der Waals surface area contributed by atoms with Gasteiger partial charge in [0.25, 0.3) is 0 Å². The monoisotopic (exact) mass is 214 g/mol. The lowest BCUT2D eigenvalue weighted by atomic mass is 10.1. The highest BCUT2D eigenvalue weighted by atomic mass is 19.0. The minimum absolute atomic E-state index is 0. The van der Waals surface area contributed by atoms with Crippen molar-refractivity contribution in [3.63, 3.8) is 0 Å². The maximum atomic E-state index is 2.12. The van der Waals surface area contributed by atoms with Crippen molar-refractivity contribution in [1.82, 2.24) is 0 Å². The molecule has 0 heterocycles. The van der Waals surface area contributed by atoms with E-state index in [1.807, 2.05) is 12.1 Å². The first-order valence-electron chi connectivity index (χ1n) is 4.07. The van der Waals surface area contributed by atoms with Crippen LogP contribution in [0.25, 0.3) is 11.1 Å². The molecule has 0 amide bonds. The van der Waals surface area contributed by atoms with E-state index in [0.717, 1.165) is 0 Å². The van der Waals surface area contributed by atoms with E-state index in [9.17, 15) is 0 Å². The molecule has 0 aliphatic heterocycles. The van der Waals surface area contributed by atoms with Gasteiger partial charge < -0.3 is 0 Å². The Morgan fingerprint density at radius 1 is 0.400 bits per heavy atom. The smallest absolute Gasteiger partial charge is 0.0184 e. The van der Waals surface area contributed by atoms with Crippen molar-refractivity contribution in [2.24, 2.45) is 0 Å². The highest BCUT2D eigenvalue weighted by molar-refractivity contribution is 5.62. The Labute approximate surface area is 86.7 Å². The summed E-state index contributed by atoms with van der Waals surface area (Å²) in [6.07, 6.45) is 0. The molecule has 0 saturated heterocycles. The molecule has 2 aromatic rings. The molecule has 15 heavy (non-hydrogen) atoms. The fourth-order valence-electron chi connectivity index (χ4n) is 1.26. The largest absolute Gasteiger partial charge is 0.269 e. The van der Waals surface area contributed by atoms with Crippen LogP contribution < -0.4 is 0 Å². The highest BCUT2D eigenvalue weighted by Gasteiger charge is 1.91. The van der Waals surface area contributed by atoms with E-state index >= 15 is 0 Å². The first-order chi connectivity index (χ1) is 5.97. The Hall–Kier alpha value is -1.77. The number of hydrogen-bond acceptors (Lipinski definition) is 0. The van der Waals surface area contributed by atoms with Crippen LogP contribution in [0.2, 0.25) is 0 Å². The van der Waals surface area contributed by atoms with Crippen molar-refractivity contribution in [2.75, 3.05) is 0 Å². The third kappa shape index (κ3) is 3.85. The molecule has 0 aliphatic carbocycles. The van der Waals surface area contributed by atoms with E-state index < -0.39 is 0 Å². The van der Waals surface area contributed by atoms with Crippen LogP contribution in [0.4, 0.5) is 14.1 Å². The van der Waals surface area contributed by atoms with Gasteiger partial charge in [0.2, 0.25) is 0 Å². The number of benzene rings is 2. The van der Waals surface area contributed by atoms with Gasteiger partial charge in [-0.15, -0.1) is 0 Å². The van der Waals surface area contributed by atoms with Crippen molar-refractivity contribution in [3.8, 4) is 11.1 Å². The molecule has 0 spiro atoms. The summed E-state index contributed by atoms with van der Waals surface area (Å²) in [6, 6.07) is 20.8. The summed E-state index contributed by atoms with van der Waals surface area (Å²) in [5.74, 6) is 0. The van der Waals surface area contributed by atoms with E-state index in [4.69, 9.17) is 0 Å². The molecule has 0 aromatic heterocycles. The predicted molar refractivity (Wildman–Crippen MR) is 59.4 cm³/mol. The number of halogens is 3. The maximum absolute atomic E-state index is 2.12. The second-order valence-corrected chi connectivity index (χ2v) is 2.73. The van der Waals surface area contributed by atoms with Crippen LogP contribution >= 0.6 is 0 Å². The number of hydrogen-bond donors (Lipinski definition) is 0. The molecule has 0 nitrogen and oxygen atoms in total. The molecular formula is C12H13F3. The number of rotatable bonds is 1. The van der Waals surface area contributed by atoms with Crippen molar-refractivity contribution in [1.29, 1.82) is 0 Å². The van der Waals surface area contributed by atoms with Gasteiger partial charge in [0.1, 0.15) is 0 Å². The van der Waals surface area contributed by atoms with Gasteiger partial charge >= 0.3 is 0 Å². The van der Waals surface area contributed by atoms with Gasteiger partial charge in [-0.05, 0) is 11.1 Å². The summed E-state index contributed by atoms with van der Waals surface area (Å²) in [4.78, 5) is 0. The molecule has 0 fully saturated rings. The molecule has 2 rings (SSSR count). The van der Waals surface area contributed by atoms with Crippen molar-refractivity contribution in [3.05, 3.63) is 60.7 Å². The summed E-state index contributed by atoms with van der Waals surface area (Å²) in [5.41, 5.74) is 2.55. The van der Waals surface area contributed by atoms with Crippen molar-refractivity contribution >= 4 is 0 Å². The predicted octanol–water partition coefficient (Wildman–Crippen LogP) is 3.81. The van der Waals surface area contributed by atoms with Gasteiger partial charge in [-0.1, -0.05) is 60.7 Å². The van der Waals surface area contributed by atoms with Gasteiger partial charge in [0.05, 0.1) is 0 Å². The normalized spacial score (nSPS) is 7.73. The van der Waals surface area contributed by atoms with Gasteiger partial charge in [0, 0.05) is 0 Å². The van der Waals surface area contributed by atoms with Gasteiger partial charge in [-0.3, -0.25) is 14.1 Å². The van der Waals surface area contributed by atoms with Crippen LogP contribution in [-0.2, 0) is 0 Å². The summed E-state index contributed by atoms with van der Waals surface area (Å²) < 4.78 is 0. The molecular weight excluding hydrogens is 201 g/mol. The maximum Gasteiger partial charge on any atom is -0.0184 e. The van der Waals surface area contributed by atoms with Gasteiger partial charge in [0.15, 0.2) is 0 Å². The van der Waals surface area contributed by atoms with E-state index in [0.29, 0.717) is 0 Å². The molecule has 0 aliphatic rings. The van der Waals surface area contributed by atoms with Gasteiger partial charge in [-0.2, -0.15) is 0 Å². The van der Waals surface area contributed by atoms with E-state index in [-0.39, 0.29) is 14.1 Å². The summed E-state index contributed by atoms with van der Waals surface area (Å²) >= 11 is 0. The lowest BCUT2D eigenvalue weighted by Gasteiger charge is -1.98. The minimum Gasteiger partial charge on any atom is -0.269 e. The molecule has 0 N–H and O–H groups in total.